The minimum absolute atomic E-state index is 0.0716. The van der Waals surface area contributed by atoms with Gasteiger partial charge in [0.15, 0.2) is 5.76 Å². The van der Waals surface area contributed by atoms with Crippen LogP contribution in [0.1, 0.15) is 75.1 Å². The molecule has 5 nitrogen and oxygen atoms in total. The van der Waals surface area contributed by atoms with E-state index >= 15 is 0 Å². The average molecular weight is 370 g/mol. The average Bonchev–Trinajstić information content (AvgIpc) is 3.13. The van der Waals surface area contributed by atoms with E-state index in [1.807, 2.05) is 32.0 Å². The molecule has 2 aromatic rings. The molecular formula is C22H30N2O3. The zero-order valence-electron chi connectivity index (χ0n) is 17.0. The standard InChI is InChI=1S/C22H30N2O3/c1-13(2)16-9-7-10-17(14(3)4)20(16)24-22(26)19(15(5)6)23-21(25)18-11-8-12-27-18/h7-15,19H,1-6H3,(H,23,25)(H,24,26)/t19-/m0/s1. The van der Waals surface area contributed by atoms with E-state index in [1.165, 1.54) is 6.26 Å². The lowest BCUT2D eigenvalue weighted by atomic mass is 9.92. The molecule has 2 amide bonds. The molecule has 0 radical (unpaired) electrons. The van der Waals surface area contributed by atoms with Crippen LogP contribution in [-0.4, -0.2) is 17.9 Å². The minimum atomic E-state index is -0.664. The molecule has 1 heterocycles. The second kappa shape index (κ2) is 8.89. The number of furan rings is 1. The van der Waals surface area contributed by atoms with Crippen molar-refractivity contribution >= 4 is 17.5 Å². The van der Waals surface area contributed by atoms with Crippen molar-refractivity contribution in [3.05, 3.63) is 53.5 Å². The molecule has 1 aromatic carbocycles. The number of anilines is 1. The lowest BCUT2D eigenvalue weighted by molar-refractivity contribution is -0.118. The van der Waals surface area contributed by atoms with Gasteiger partial charge in [-0.15, -0.1) is 0 Å². The van der Waals surface area contributed by atoms with Gasteiger partial charge in [0.2, 0.25) is 5.91 Å². The van der Waals surface area contributed by atoms with Crippen LogP contribution in [0.5, 0.6) is 0 Å². The smallest absolute Gasteiger partial charge is 0.287 e. The summed E-state index contributed by atoms with van der Waals surface area (Å²) >= 11 is 0. The fraction of sp³-hybridized carbons (Fsp3) is 0.455. The van der Waals surface area contributed by atoms with E-state index in [0.717, 1.165) is 16.8 Å². The molecule has 0 bridgehead atoms. The van der Waals surface area contributed by atoms with Crippen molar-refractivity contribution in [2.45, 2.75) is 59.4 Å². The molecule has 1 aromatic heterocycles. The van der Waals surface area contributed by atoms with Crippen molar-refractivity contribution in [2.75, 3.05) is 5.32 Å². The molecule has 0 saturated carbocycles. The molecule has 0 saturated heterocycles. The summed E-state index contributed by atoms with van der Waals surface area (Å²) < 4.78 is 5.13. The first-order chi connectivity index (χ1) is 12.7. The van der Waals surface area contributed by atoms with Gasteiger partial charge in [0.1, 0.15) is 6.04 Å². The Morgan fingerprint density at radius 1 is 0.889 bits per heavy atom. The van der Waals surface area contributed by atoms with Crippen LogP contribution in [0.25, 0.3) is 0 Å². The van der Waals surface area contributed by atoms with Crippen LogP contribution in [0.3, 0.4) is 0 Å². The Bertz CT molecular complexity index is 751. The molecule has 0 aliphatic heterocycles. The second-order valence-electron chi connectivity index (χ2n) is 7.78. The highest BCUT2D eigenvalue weighted by molar-refractivity contribution is 6.01. The van der Waals surface area contributed by atoms with Crippen molar-refractivity contribution in [1.82, 2.24) is 5.32 Å². The molecule has 2 N–H and O–H groups in total. The van der Waals surface area contributed by atoms with Gasteiger partial charge in [0.05, 0.1) is 6.26 Å². The Morgan fingerprint density at radius 2 is 1.48 bits per heavy atom. The van der Waals surface area contributed by atoms with Gasteiger partial charge >= 0.3 is 0 Å². The molecule has 27 heavy (non-hydrogen) atoms. The highest BCUT2D eigenvalue weighted by Gasteiger charge is 2.27. The van der Waals surface area contributed by atoms with E-state index in [0.29, 0.717) is 0 Å². The fourth-order valence-corrected chi connectivity index (χ4v) is 3.05. The summed E-state index contributed by atoms with van der Waals surface area (Å²) in [6.07, 6.45) is 1.44. The first kappa shape index (κ1) is 20.7. The monoisotopic (exact) mass is 370 g/mol. The Balaban J connectivity index is 2.29. The molecule has 0 fully saturated rings. The third kappa shape index (κ3) is 5.00. The number of rotatable bonds is 7. The lowest BCUT2D eigenvalue weighted by Crippen LogP contribution is -2.47. The van der Waals surface area contributed by atoms with Gasteiger partial charge in [-0.2, -0.15) is 0 Å². The summed E-state index contributed by atoms with van der Waals surface area (Å²) in [6.45, 7) is 12.2. The molecule has 1 atom stereocenters. The van der Waals surface area contributed by atoms with Crippen molar-refractivity contribution < 1.29 is 14.0 Å². The number of para-hydroxylation sites is 1. The SMILES string of the molecule is CC(C)c1cccc(C(C)C)c1NC(=O)[C@@H](NC(=O)c1ccco1)C(C)C. The van der Waals surface area contributed by atoms with Crippen LogP contribution in [0.2, 0.25) is 0 Å². The summed E-state index contributed by atoms with van der Waals surface area (Å²) in [5.41, 5.74) is 3.04. The number of carbonyl (C=O) groups is 2. The largest absolute Gasteiger partial charge is 0.459 e. The normalized spacial score (nSPS) is 12.5. The predicted molar refractivity (Wildman–Crippen MR) is 108 cm³/mol. The van der Waals surface area contributed by atoms with E-state index in [2.05, 4.69) is 38.3 Å². The van der Waals surface area contributed by atoms with Crippen molar-refractivity contribution in [2.24, 2.45) is 5.92 Å². The molecule has 2 rings (SSSR count). The third-order valence-corrected chi connectivity index (χ3v) is 4.60. The van der Waals surface area contributed by atoms with Crippen LogP contribution in [0.4, 0.5) is 5.69 Å². The van der Waals surface area contributed by atoms with Gasteiger partial charge in [0, 0.05) is 5.69 Å². The quantitative estimate of drug-likeness (QED) is 0.727. The maximum absolute atomic E-state index is 13.1. The first-order valence-corrected chi connectivity index (χ1v) is 9.50. The van der Waals surface area contributed by atoms with Crippen molar-refractivity contribution in [3.63, 3.8) is 0 Å². The third-order valence-electron chi connectivity index (χ3n) is 4.60. The van der Waals surface area contributed by atoms with Gasteiger partial charge in [-0.1, -0.05) is 59.7 Å². The van der Waals surface area contributed by atoms with E-state index in [1.54, 1.807) is 12.1 Å². The van der Waals surface area contributed by atoms with Crippen LogP contribution in [0, 0.1) is 5.92 Å². The molecule has 0 unspecified atom stereocenters. The topological polar surface area (TPSA) is 71.3 Å². The Morgan fingerprint density at radius 3 is 1.93 bits per heavy atom. The van der Waals surface area contributed by atoms with Gasteiger partial charge in [-0.3, -0.25) is 9.59 Å². The van der Waals surface area contributed by atoms with Gasteiger partial charge < -0.3 is 15.1 Å². The number of hydrogen-bond acceptors (Lipinski definition) is 3. The zero-order chi connectivity index (χ0) is 20.1. The van der Waals surface area contributed by atoms with Crippen LogP contribution in [-0.2, 0) is 4.79 Å². The molecule has 0 spiro atoms. The minimum Gasteiger partial charge on any atom is -0.459 e. The number of hydrogen-bond donors (Lipinski definition) is 2. The van der Waals surface area contributed by atoms with E-state index in [9.17, 15) is 9.59 Å². The molecule has 5 heteroatoms. The van der Waals surface area contributed by atoms with E-state index < -0.39 is 11.9 Å². The van der Waals surface area contributed by atoms with Gasteiger partial charge in [-0.25, -0.2) is 0 Å². The van der Waals surface area contributed by atoms with E-state index in [4.69, 9.17) is 4.42 Å². The molecule has 0 aliphatic rings. The number of nitrogens with one attached hydrogen (secondary N) is 2. The number of benzene rings is 1. The van der Waals surface area contributed by atoms with Crippen molar-refractivity contribution in [3.8, 4) is 0 Å². The summed E-state index contributed by atoms with van der Waals surface area (Å²) in [7, 11) is 0. The maximum atomic E-state index is 13.1. The Hall–Kier alpha value is -2.56. The fourth-order valence-electron chi connectivity index (χ4n) is 3.05. The van der Waals surface area contributed by atoms with Crippen LogP contribution >= 0.6 is 0 Å². The summed E-state index contributed by atoms with van der Waals surface area (Å²) in [5, 5.41) is 5.88. The lowest BCUT2D eigenvalue weighted by Gasteiger charge is -2.25. The van der Waals surface area contributed by atoms with E-state index in [-0.39, 0.29) is 29.4 Å². The van der Waals surface area contributed by atoms with Crippen molar-refractivity contribution in [1.29, 1.82) is 0 Å². The number of amides is 2. The maximum Gasteiger partial charge on any atom is 0.287 e. The molecular weight excluding hydrogens is 340 g/mol. The summed E-state index contributed by atoms with van der Waals surface area (Å²) in [5.74, 6) is 0.0509. The van der Waals surface area contributed by atoms with Gasteiger partial charge in [-0.05, 0) is 41.0 Å². The first-order valence-electron chi connectivity index (χ1n) is 9.50. The highest BCUT2D eigenvalue weighted by atomic mass is 16.3. The number of carbonyl (C=O) groups excluding carboxylic acids is 2. The summed E-state index contributed by atoms with van der Waals surface area (Å²) in [4.78, 5) is 25.4. The zero-order valence-corrected chi connectivity index (χ0v) is 17.0. The molecule has 146 valence electrons. The van der Waals surface area contributed by atoms with Crippen LogP contribution < -0.4 is 10.6 Å². The Labute approximate surface area is 161 Å². The Kier molecular flexibility index (Phi) is 6.83. The second-order valence-corrected chi connectivity index (χ2v) is 7.78. The highest BCUT2D eigenvalue weighted by Crippen LogP contribution is 2.32. The van der Waals surface area contributed by atoms with Gasteiger partial charge in [0.25, 0.3) is 5.91 Å². The predicted octanol–water partition coefficient (Wildman–Crippen LogP) is 4.92. The van der Waals surface area contributed by atoms with Crippen LogP contribution in [0.15, 0.2) is 41.0 Å². The molecule has 0 aliphatic carbocycles. The summed E-state index contributed by atoms with van der Waals surface area (Å²) in [6, 6.07) is 8.67.